The fraction of sp³-hybridized carbons (Fsp3) is 0.143. The van der Waals surface area contributed by atoms with Gasteiger partial charge in [-0.2, -0.15) is 0 Å². The first kappa shape index (κ1) is 20.1. The van der Waals surface area contributed by atoms with Crippen LogP contribution in [-0.2, 0) is 4.79 Å². The van der Waals surface area contributed by atoms with Gasteiger partial charge in [-0.3, -0.25) is 14.2 Å². The molecule has 0 unspecified atom stereocenters. The third kappa shape index (κ3) is 3.69. The number of anilines is 1. The van der Waals surface area contributed by atoms with E-state index in [0.29, 0.717) is 27.0 Å². The number of halogens is 2. The molecule has 0 bridgehead atoms. The Morgan fingerprint density at radius 2 is 1.83 bits per heavy atom. The molecule has 30 heavy (non-hydrogen) atoms. The molecule has 0 saturated heterocycles. The van der Waals surface area contributed by atoms with Crippen LogP contribution in [0.1, 0.15) is 18.5 Å². The van der Waals surface area contributed by atoms with E-state index in [2.05, 4.69) is 15.5 Å². The van der Waals surface area contributed by atoms with Crippen molar-refractivity contribution >= 4 is 45.9 Å². The zero-order valence-corrected chi connectivity index (χ0v) is 17.5. The molecule has 9 heteroatoms. The van der Waals surface area contributed by atoms with E-state index in [-0.39, 0.29) is 17.0 Å². The molecular formula is C21H16Cl2N4O3. The van der Waals surface area contributed by atoms with Crippen LogP contribution in [0.5, 0.6) is 0 Å². The molecule has 152 valence electrons. The van der Waals surface area contributed by atoms with Crippen LogP contribution >= 0.6 is 23.2 Å². The average Bonchev–Trinajstić information content (AvgIpc) is 3.16. The first-order valence-corrected chi connectivity index (χ1v) is 9.80. The number of nitrogens with zero attached hydrogens (tertiary/aromatic N) is 3. The molecule has 1 atom stereocenters. The van der Waals surface area contributed by atoms with Crippen molar-refractivity contribution in [1.29, 1.82) is 0 Å². The van der Waals surface area contributed by atoms with Crippen LogP contribution in [0.15, 0.2) is 58.1 Å². The molecule has 0 spiro atoms. The summed E-state index contributed by atoms with van der Waals surface area (Å²) >= 11 is 12.0. The minimum absolute atomic E-state index is 0.0968. The molecule has 2 aromatic carbocycles. The number of carbonyl (C=O) groups excluding carboxylic acids is 1. The molecule has 7 nitrogen and oxygen atoms in total. The van der Waals surface area contributed by atoms with E-state index in [1.165, 1.54) is 10.9 Å². The number of hydrogen-bond donors (Lipinski definition) is 1. The van der Waals surface area contributed by atoms with Crippen LogP contribution in [0.2, 0.25) is 10.0 Å². The molecule has 2 aromatic heterocycles. The maximum Gasteiger partial charge on any atom is 0.267 e. The lowest BCUT2D eigenvalue weighted by atomic mass is 10.1. The van der Waals surface area contributed by atoms with Crippen molar-refractivity contribution in [3.8, 4) is 11.3 Å². The number of amides is 1. The predicted octanol–water partition coefficient (Wildman–Crippen LogP) is 4.87. The van der Waals surface area contributed by atoms with Gasteiger partial charge < -0.3 is 9.84 Å². The average molecular weight is 443 g/mol. The molecule has 0 aliphatic carbocycles. The fourth-order valence-electron chi connectivity index (χ4n) is 3.03. The Hall–Kier alpha value is -3.16. The van der Waals surface area contributed by atoms with E-state index in [9.17, 15) is 9.59 Å². The highest BCUT2D eigenvalue weighted by molar-refractivity contribution is 6.31. The Morgan fingerprint density at radius 3 is 2.57 bits per heavy atom. The zero-order chi connectivity index (χ0) is 21.4. The Balaban J connectivity index is 1.72. The standard InChI is InChI=1S/C21H16Cl2N4O3/c1-11-3-6-15(23)9-16(11)25-19(28)12(2)27-10-24-20-17(21(27)29)18(26-30-20)13-4-7-14(22)8-5-13/h3-10,12H,1-2H3,(H,25,28)/t12-/m1/s1. The molecule has 0 aliphatic rings. The second kappa shape index (κ2) is 7.93. The summed E-state index contributed by atoms with van der Waals surface area (Å²) in [6.45, 7) is 3.46. The van der Waals surface area contributed by atoms with E-state index >= 15 is 0 Å². The number of benzene rings is 2. The zero-order valence-electron chi connectivity index (χ0n) is 16.0. The van der Waals surface area contributed by atoms with Crippen LogP contribution < -0.4 is 10.9 Å². The van der Waals surface area contributed by atoms with Crippen molar-refractivity contribution in [3.05, 3.63) is 74.8 Å². The summed E-state index contributed by atoms with van der Waals surface area (Å²) < 4.78 is 6.46. The SMILES string of the molecule is Cc1ccc(Cl)cc1NC(=O)[C@@H](C)n1cnc2onc(-c3ccc(Cl)cc3)c2c1=O. The van der Waals surface area contributed by atoms with Gasteiger partial charge in [0.15, 0.2) is 0 Å². The van der Waals surface area contributed by atoms with Gasteiger partial charge in [0.25, 0.3) is 11.3 Å². The summed E-state index contributed by atoms with van der Waals surface area (Å²) in [4.78, 5) is 30.1. The number of aromatic nitrogens is 3. The largest absolute Gasteiger partial charge is 0.335 e. The summed E-state index contributed by atoms with van der Waals surface area (Å²) in [5.41, 5.74) is 2.09. The summed E-state index contributed by atoms with van der Waals surface area (Å²) in [6, 6.07) is 11.2. The van der Waals surface area contributed by atoms with Gasteiger partial charge in [0.05, 0.1) is 0 Å². The van der Waals surface area contributed by atoms with E-state index in [0.717, 1.165) is 5.56 Å². The quantitative estimate of drug-likeness (QED) is 0.486. The van der Waals surface area contributed by atoms with Gasteiger partial charge >= 0.3 is 0 Å². The van der Waals surface area contributed by atoms with Crippen LogP contribution in [-0.4, -0.2) is 20.6 Å². The summed E-state index contributed by atoms with van der Waals surface area (Å²) in [7, 11) is 0. The molecule has 0 radical (unpaired) electrons. The first-order chi connectivity index (χ1) is 14.3. The Kier molecular flexibility index (Phi) is 5.32. The van der Waals surface area contributed by atoms with E-state index in [4.69, 9.17) is 27.7 Å². The highest BCUT2D eigenvalue weighted by Gasteiger charge is 2.22. The van der Waals surface area contributed by atoms with Gasteiger partial charge in [0.1, 0.15) is 23.4 Å². The summed E-state index contributed by atoms with van der Waals surface area (Å²) in [6.07, 6.45) is 1.27. The molecule has 0 aliphatic heterocycles. The number of nitrogens with one attached hydrogen (secondary N) is 1. The minimum atomic E-state index is -0.833. The number of hydrogen-bond acceptors (Lipinski definition) is 5. The van der Waals surface area contributed by atoms with Crippen molar-refractivity contribution in [1.82, 2.24) is 14.7 Å². The second-order valence-corrected chi connectivity index (χ2v) is 7.67. The molecule has 0 fully saturated rings. The smallest absolute Gasteiger partial charge is 0.267 e. The van der Waals surface area contributed by atoms with Crippen LogP contribution in [0, 0.1) is 6.92 Å². The summed E-state index contributed by atoms with van der Waals surface area (Å²) in [5, 5.41) is 8.04. The number of rotatable bonds is 4. The van der Waals surface area contributed by atoms with Crippen molar-refractivity contribution in [3.63, 3.8) is 0 Å². The maximum absolute atomic E-state index is 13.2. The molecule has 1 N–H and O–H groups in total. The Morgan fingerprint density at radius 1 is 1.13 bits per heavy atom. The normalized spacial score (nSPS) is 12.1. The molecule has 1 amide bonds. The minimum Gasteiger partial charge on any atom is -0.335 e. The summed E-state index contributed by atoms with van der Waals surface area (Å²) in [5.74, 6) is -0.381. The van der Waals surface area contributed by atoms with Gasteiger partial charge in [0.2, 0.25) is 5.91 Å². The number of carbonyl (C=O) groups is 1. The molecular weight excluding hydrogens is 427 g/mol. The van der Waals surface area contributed by atoms with E-state index < -0.39 is 11.6 Å². The lowest BCUT2D eigenvalue weighted by Crippen LogP contribution is -2.32. The lowest BCUT2D eigenvalue weighted by molar-refractivity contribution is -0.118. The van der Waals surface area contributed by atoms with E-state index in [1.807, 2.05) is 6.92 Å². The van der Waals surface area contributed by atoms with Crippen molar-refractivity contribution in [2.24, 2.45) is 0 Å². The lowest BCUT2D eigenvalue weighted by Gasteiger charge is -2.16. The van der Waals surface area contributed by atoms with Gasteiger partial charge in [0, 0.05) is 21.3 Å². The third-order valence-corrected chi connectivity index (χ3v) is 5.28. The Labute approximate surface area is 181 Å². The highest BCUT2D eigenvalue weighted by Crippen LogP contribution is 2.26. The first-order valence-electron chi connectivity index (χ1n) is 9.04. The number of fused-ring (bicyclic) bond motifs is 1. The van der Waals surface area contributed by atoms with E-state index in [1.54, 1.807) is 49.4 Å². The monoisotopic (exact) mass is 442 g/mol. The fourth-order valence-corrected chi connectivity index (χ4v) is 3.33. The predicted molar refractivity (Wildman–Crippen MR) is 116 cm³/mol. The van der Waals surface area contributed by atoms with Gasteiger partial charge in [-0.15, -0.1) is 0 Å². The van der Waals surface area contributed by atoms with Gasteiger partial charge in [-0.1, -0.05) is 46.6 Å². The third-order valence-electron chi connectivity index (χ3n) is 4.79. The van der Waals surface area contributed by atoms with Gasteiger partial charge in [-0.25, -0.2) is 4.98 Å². The molecule has 4 aromatic rings. The van der Waals surface area contributed by atoms with Gasteiger partial charge in [-0.05, 0) is 43.7 Å². The highest BCUT2D eigenvalue weighted by atomic mass is 35.5. The van der Waals surface area contributed by atoms with Crippen molar-refractivity contribution < 1.29 is 9.32 Å². The second-order valence-electron chi connectivity index (χ2n) is 6.80. The van der Waals surface area contributed by atoms with Crippen LogP contribution in [0.4, 0.5) is 5.69 Å². The number of aryl methyl sites for hydroxylation is 1. The molecule has 0 saturated carbocycles. The van der Waals surface area contributed by atoms with Crippen molar-refractivity contribution in [2.45, 2.75) is 19.9 Å². The molecule has 2 heterocycles. The van der Waals surface area contributed by atoms with Crippen LogP contribution in [0.25, 0.3) is 22.4 Å². The Bertz CT molecular complexity index is 1310. The molecule has 4 rings (SSSR count). The topological polar surface area (TPSA) is 90.0 Å². The maximum atomic E-state index is 13.2. The van der Waals surface area contributed by atoms with Crippen molar-refractivity contribution in [2.75, 3.05) is 5.32 Å². The van der Waals surface area contributed by atoms with Crippen LogP contribution in [0.3, 0.4) is 0 Å².